The summed E-state index contributed by atoms with van der Waals surface area (Å²) in [5, 5.41) is 15.9. The Labute approximate surface area is 132 Å². The highest BCUT2D eigenvalue weighted by Gasteiger charge is 2.16. The number of phenolic OH excluding ortho intramolecular Hbond substituents is 1. The molecule has 0 aromatic heterocycles. The molecule has 0 saturated heterocycles. The van der Waals surface area contributed by atoms with Gasteiger partial charge in [0.05, 0.1) is 0 Å². The van der Waals surface area contributed by atoms with E-state index in [2.05, 4.69) is 20.6 Å². The van der Waals surface area contributed by atoms with Gasteiger partial charge in [0.15, 0.2) is 12.1 Å². The summed E-state index contributed by atoms with van der Waals surface area (Å²) in [5.41, 5.74) is 7.43. The van der Waals surface area contributed by atoms with Crippen LogP contribution in [-0.4, -0.2) is 17.0 Å². The lowest BCUT2D eigenvalue weighted by molar-refractivity contribution is 0.475. The number of rotatable bonds is 2. The van der Waals surface area contributed by atoms with Crippen LogP contribution in [0, 0.1) is 0 Å². The van der Waals surface area contributed by atoms with Gasteiger partial charge in [-0.1, -0.05) is 29.8 Å². The summed E-state index contributed by atoms with van der Waals surface area (Å²) in [7, 11) is 0. The maximum atomic E-state index is 9.35. The molecule has 1 aliphatic heterocycles. The van der Waals surface area contributed by atoms with Crippen LogP contribution in [0.5, 0.6) is 5.75 Å². The summed E-state index contributed by atoms with van der Waals surface area (Å²) in [6.07, 6.45) is -0.469. The number of phenols is 1. The lowest BCUT2D eigenvalue weighted by Gasteiger charge is -2.20. The predicted octanol–water partition coefficient (Wildman–Crippen LogP) is 2.43. The van der Waals surface area contributed by atoms with Gasteiger partial charge in [-0.2, -0.15) is 0 Å². The van der Waals surface area contributed by atoms with Crippen molar-refractivity contribution in [2.45, 2.75) is 6.17 Å². The van der Waals surface area contributed by atoms with E-state index in [-0.39, 0.29) is 11.7 Å². The van der Waals surface area contributed by atoms with Crippen LogP contribution >= 0.6 is 11.6 Å². The fourth-order valence-corrected chi connectivity index (χ4v) is 2.22. The average molecular weight is 316 g/mol. The Hall–Kier alpha value is -2.73. The van der Waals surface area contributed by atoms with Gasteiger partial charge >= 0.3 is 0 Å². The molecular formula is C15H14ClN5O. The number of halogens is 1. The quantitative estimate of drug-likeness (QED) is 0.684. The zero-order valence-electron chi connectivity index (χ0n) is 11.5. The Bertz CT molecular complexity index is 742. The zero-order chi connectivity index (χ0) is 15.5. The molecule has 1 unspecified atom stereocenters. The van der Waals surface area contributed by atoms with Gasteiger partial charge in [0.25, 0.3) is 0 Å². The maximum absolute atomic E-state index is 9.35. The monoisotopic (exact) mass is 315 g/mol. The van der Waals surface area contributed by atoms with E-state index in [0.29, 0.717) is 11.0 Å². The fourth-order valence-electron chi connectivity index (χ4n) is 2.03. The van der Waals surface area contributed by atoms with Crippen molar-refractivity contribution in [3.63, 3.8) is 0 Å². The summed E-state index contributed by atoms with van der Waals surface area (Å²) in [6.45, 7) is 0. The number of nitrogens with zero attached hydrogens (tertiary/aromatic N) is 2. The molecule has 0 saturated carbocycles. The first-order valence-electron chi connectivity index (χ1n) is 6.60. The van der Waals surface area contributed by atoms with Crippen LogP contribution in [0.25, 0.3) is 0 Å². The molecule has 0 spiro atoms. The minimum atomic E-state index is -0.469. The van der Waals surface area contributed by atoms with E-state index in [1.807, 2.05) is 12.1 Å². The van der Waals surface area contributed by atoms with E-state index in [4.69, 9.17) is 17.3 Å². The number of nitrogens with one attached hydrogen (secondary N) is 2. The lowest BCUT2D eigenvalue weighted by Crippen LogP contribution is -2.43. The molecule has 5 N–H and O–H groups in total. The Morgan fingerprint density at radius 1 is 1.14 bits per heavy atom. The SMILES string of the molecule is NC1=NC(c2ccc(O)cc2)N=C(Nc2cccc(Cl)c2)N1. The molecule has 1 aliphatic rings. The Balaban J connectivity index is 1.84. The second-order valence-electron chi connectivity index (χ2n) is 4.72. The van der Waals surface area contributed by atoms with Crippen LogP contribution in [-0.2, 0) is 0 Å². The Morgan fingerprint density at radius 2 is 1.91 bits per heavy atom. The van der Waals surface area contributed by atoms with Gasteiger partial charge in [0.1, 0.15) is 5.75 Å². The van der Waals surface area contributed by atoms with Gasteiger partial charge in [-0.15, -0.1) is 0 Å². The van der Waals surface area contributed by atoms with Crippen LogP contribution in [0.4, 0.5) is 5.69 Å². The molecule has 1 atom stereocenters. The average Bonchev–Trinajstić information content (AvgIpc) is 2.47. The molecule has 0 radical (unpaired) electrons. The van der Waals surface area contributed by atoms with Crippen LogP contribution in [0.3, 0.4) is 0 Å². The van der Waals surface area contributed by atoms with E-state index in [0.717, 1.165) is 11.3 Å². The van der Waals surface area contributed by atoms with Crippen molar-refractivity contribution in [3.8, 4) is 5.75 Å². The van der Waals surface area contributed by atoms with Crippen LogP contribution < -0.4 is 16.4 Å². The third-order valence-corrected chi connectivity index (χ3v) is 3.27. The van der Waals surface area contributed by atoms with Crippen molar-refractivity contribution in [2.24, 2.45) is 15.7 Å². The van der Waals surface area contributed by atoms with Crippen molar-refractivity contribution in [3.05, 3.63) is 59.1 Å². The van der Waals surface area contributed by atoms with Crippen molar-refractivity contribution in [1.29, 1.82) is 0 Å². The van der Waals surface area contributed by atoms with E-state index in [1.54, 1.807) is 36.4 Å². The summed E-state index contributed by atoms with van der Waals surface area (Å²) in [6, 6.07) is 14.0. The zero-order valence-corrected chi connectivity index (χ0v) is 12.2. The number of hydrogen-bond acceptors (Lipinski definition) is 6. The molecule has 0 amide bonds. The molecule has 3 rings (SSSR count). The van der Waals surface area contributed by atoms with Crippen LogP contribution in [0.1, 0.15) is 11.7 Å². The normalized spacial score (nSPS) is 17.2. The van der Waals surface area contributed by atoms with E-state index >= 15 is 0 Å². The minimum Gasteiger partial charge on any atom is -0.508 e. The molecule has 112 valence electrons. The molecule has 1 heterocycles. The summed E-state index contributed by atoms with van der Waals surface area (Å²) in [5.74, 6) is 0.932. The Morgan fingerprint density at radius 3 is 2.64 bits per heavy atom. The van der Waals surface area contributed by atoms with Crippen LogP contribution in [0.15, 0.2) is 58.5 Å². The van der Waals surface area contributed by atoms with Gasteiger partial charge in [0, 0.05) is 10.7 Å². The first-order chi connectivity index (χ1) is 10.6. The van der Waals surface area contributed by atoms with Crippen molar-refractivity contribution < 1.29 is 5.11 Å². The molecule has 22 heavy (non-hydrogen) atoms. The Kier molecular flexibility index (Phi) is 3.84. The highest BCUT2D eigenvalue weighted by atomic mass is 35.5. The molecule has 7 heteroatoms. The molecular weight excluding hydrogens is 302 g/mol. The van der Waals surface area contributed by atoms with Gasteiger partial charge in [-0.3, -0.25) is 5.32 Å². The van der Waals surface area contributed by atoms with Crippen molar-refractivity contribution in [2.75, 3.05) is 5.32 Å². The first kappa shape index (κ1) is 14.2. The first-order valence-corrected chi connectivity index (χ1v) is 6.97. The number of aliphatic imine (C=N–C) groups is 2. The number of nitrogens with two attached hydrogens (primary N) is 1. The second-order valence-corrected chi connectivity index (χ2v) is 5.15. The number of aromatic hydroxyl groups is 1. The molecule has 0 aliphatic carbocycles. The van der Waals surface area contributed by atoms with Crippen LogP contribution in [0.2, 0.25) is 5.02 Å². The number of hydrogen-bond donors (Lipinski definition) is 4. The molecule has 2 aromatic carbocycles. The predicted molar refractivity (Wildman–Crippen MR) is 88.1 cm³/mol. The molecule has 6 nitrogen and oxygen atoms in total. The smallest absolute Gasteiger partial charge is 0.205 e. The fraction of sp³-hybridized carbons (Fsp3) is 0.0667. The molecule has 2 aromatic rings. The summed E-state index contributed by atoms with van der Waals surface area (Å²) in [4.78, 5) is 8.70. The number of benzene rings is 2. The summed E-state index contributed by atoms with van der Waals surface area (Å²) < 4.78 is 0. The lowest BCUT2D eigenvalue weighted by atomic mass is 10.1. The maximum Gasteiger partial charge on any atom is 0.205 e. The largest absolute Gasteiger partial charge is 0.508 e. The number of anilines is 1. The van der Waals surface area contributed by atoms with E-state index < -0.39 is 6.17 Å². The van der Waals surface area contributed by atoms with Gasteiger partial charge in [-0.25, -0.2) is 9.98 Å². The number of guanidine groups is 2. The molecule has 0 bridgehead atoms. The highest BCUT2D eigenvalue weighted by Crippen LogP contribution is 2.23. The standard InChI is InChI=1S/C15H14ClN5O/c16-10-2-1-3-11(8-10)18-15-20-13(19-14(17)21-15)9-4-6-12(22)7-5-9/h1-8,13,22H,(H4,17,18,19,20,21). The topological polar surface area (TPSA) is 95.0 Å². The third-order valence-electron chi connectivity index (χ3n) is 3.04. The van der Waals surface area contributed by atoms with Gasteiger partial charge in [-0.05, 0) is 35.9 Å². The van der Waals surface area contributed by atoms with Gasteiger partial charge in [0.2, 0.25) is 5.96 Å². The highest BCUT2D eigenvalue weighted by molar-refractivity contribution is 6.30. The third kappa shape index (κ3) is 3.29. The second kappa shape index (κ2) is 5.95. The molecule has 0 fully saturated rings. The van der Waals surface area contributed by atoms with Crippen molar-refractivity contribution in [1.82, 2.24) is 5.32 Å². The van der Waals surface area contributed by atoms with E-state index in [1.165, 1.54) is 0 Å². The van der Waals surface area contributed by atoms with Gasteiger partial charge < -0.3 is 16.2 Å². The van der Waals surface area contributed by atoms with Crippen molar-refractivity contribution >= 4 is 29.2 Å². The van der Waals surface area contributed by atoms with E-state index in [9.17, 15) is 5.11 Å². The minimum absolute atomic E-state index is 0.191. The summed E-state index contributed by atoms with van der Waals surface area (Å²) >= 11 is 5.96.